The number of carbonyl (C=O) groups excluding carboxylic acids is 1. The number of carbonyl (C=O) groups is 1. The van der Waals surface area contributed by atoms with Gasteiger partial charge in [0.1, 0.15) is 17.6 Å². The summed E-state index contributed by atoms with van der Waals surface area (Å²) in [5.74, 6) is 0.691. The van der Waals surface area contributed by atoms with Gasteiger partial charge in [0.05, 0.1) is 12.3 Å². The Morgan fingerprint density at radius 1 is 1.09 bits per heavy atom. The number of nitrogens with zero attached hydrogens (tertiary/aromatic N) is 2. The van der Waals surface area contributed by atoms with Gasteiger partial charge >= 0.3 is 0 Å². The average molecular weight is 442 g/mol. The number of anilines is 1. The largest absolute Gasteiger partial charge is 0.494 e. The van der Waals surface area contributed by atoms with E-state index >= 15 is 0 Å². The van der Waals surface area contributed by atoms with Crippen molar-refractivity contribution in [1.82, 2.24) is 21.1 Å². The van der Waals surface area contributed by atoms with Gasteiger partial charge in [-0.2, -0.15) is 0 Å². The first kappa shape index (κ1) is 22.5. The Hall–Kier alpha value is -2.68. The van der Waals surface area contributed by atoms with Crippen molar-refractivity contribution in [2.24, 2.45) is 0 Å². The highest BCUT2D eigenvalue weighted by Gasteiger charge is 2.30. The summed E-state index contributed by atoms with van der Waals surface area (Å²) in [5, 5.41) is 3.05. The molecular formula is C24H32FN5O2. The Labute approximate surface area is 188 Å². The third-order valence-electron chi connectivity index (χ3n) is 6.11. The van der Waals surface area contributed by atoms with Crippen LogP contribution in [0, 0.1) is 5.82 Å². The predicted molar refractivity (Wildman–Crippen MR) is 123 cm³/mol. The topological polar surface area (TPSA) is 68.9 Å². The van der Waals surface area contributed by atoms with Gasteiger partial charge in [0.25, 0.3) is 0 Å². The summed E-state index contributed by atoms with van der Waals surface area (Å²) in [4.78, 5) is 17.0. The zero-order valence-electron chi connectivity index (χ0n) is 18.5. The van der Waals surface area contributed by atoms with Crippen LogP contribution in [0.1, 0.15) is 24.9 Å². The molecule has 2 aliphatic rings. The molecule has 32 heavy (non-hydrogen) atoms. The molecule has 0 aliphatic carbocycles. The second-order valence-electron chi connectivity index (χ2n) is 8.20. The summed E-state index contributed by atoms with van der Waals surface area (Å²) in [6.45, 7) is 7.28. The van der Waals surface area contributed by atoms with Crippen molar-refractivity contribution in [3.63, 3.8) is 0 Å². The van der Waals surface area contributed by atoms with Crippen LogP contribution in [-0.2, 0) is 4.79 Å². The Kier molecular flexibility index (Phi) is 7.57. The molecule has 2 saturated heterocycles. The van der Waals surface area contributed by atoms with Gasteiger partial charge in [-0.25, -0.2) is 15.2 Å². The second kappa shape index (κ2) is 10.8. The fraction of sp³-hybridized carbons (Fsp3) is 0.458. The molecule has 3 N–H and O–H groups in total. The smallest absolute Gasteiger partial charge is 0.238 e. The van der Waals surface area contributed by atoms with Crippen LogP contribution < -0.4 is 25.8 Å². The minimum atomic E-state index is -0.260. The van der Waals surface area contributed by atoms with Crippen LogP contribution in [0.4, 0.5) is 10.1 Å². The zero-order chi connectivity index (χ0) is 22.3. The van der Waals surface area contributed by atoms with E-state index in [0.29, 0.717) is 25.3 Å². The highest BCUT2D eigenvalue weighted by atomic mass is 19.1. The third kappa shape index (κ3) is 5.56. The fourth-order valence-electron chi connectivity index (χ4n) is 4.29. The zero-order valence-corrected chi connectivity index (χ0v) is 18.5. The fourth-order valence-corrected chi connectivity index (χ4v) is 4.29. The van der Waals surface area contributed by atoms with Crippen molar-refractivity contribution < 1.29 is 13.9 Å². The first-order chi connectivity index (χ1) is 15.6. The van der Waals surface area contributed by atoms with Crippen molar-refractivity contribution in [2.75, 3.05) is 50.8 Å². The third-order valence-corrected chi connectivity index (χ3v) is 6.11. The molecule has 8 heteroatoms. The number of ether oxygens (including phenoxy) is 1. The van der Waals surface area contributed by atoms with Crippen LogP contribution in [-0.4, -0.2) is 62.7 Å². The van der Waals surface area contributed by atoms with Crippen LogP contribution in [0.3, 0.4) is 0 Å². The summed E-state index contributed by atoms with van der Waals surface area (Å²) in [6, 6.07) is 14.7. The molecule has 172 valence electrons. The van der Waals surface area contributed by atoms with Gasteiger partial charge < -0.3 is 15.0 Å². The first-order valence-corrected chi connectivity index (χ1v) is 11.4. The summed E-state index contributed by atoms with van der Waals surface area (Å²) in [7, 11) is 0. The van der Waals surface area contributed by atoms with E-state index in [1.54, 1.807) is 6.07 Å². The molecule has 2 aliphatic heterocycles. The van der Waals surface area contributed by atoms with Crippen molar-refractivity contribution in [1.29, 1.82) is 0 Å². The Morgan fingerprint density at radius 2 is 1.84 bits per heavy atom. The lowest BCUT2D eigenvalue weighted by Crippen LogP contribution is -2.50. The maximum Gasteiger partial charge on any atom is 0.238 e. The van der Waals surface area contributed by atoms with Gasteiger partial charge in [-0.05, 0) is 43.2 Å². The van der Waals surface area contributed by atoms with Gasteiger partial charge in [-0.15, -0.1) is 0 Å². The normalized spacial score (nSPS) is 21.5. The van der Waals surface area contributed by atoms with E-state index in [2.05, 4.69) is 26.0 Å². The summed E-state index contributed by atoms with van der Waals surface area (Å²) in [6.07, 6.45) is 0.696. The molecule has 0 aromatic heterocycles. The molecule has 0 bridgehead atoms. The molecule has 2 aromatic carbocycles. The number of para-hydroxylation sites is 1. The minimum Gasteiger partial charge on any atom is -0.494 e. The molecule has 2 atom stereocenters. The van der Waals surface area contributed by atoms with E-state index in [-0.39, 0.29) is 23.8 Å². The summed E-state index contributed by atoms with van der Waals surface area (Å²) in [5.41, 5.74) is 8.13. The quantitative estimate of drug-likeness (QED) is 0.583. The lowest BCUT2D eigenvalue weighted by atomic mass is 10.0. The molecular weight excluding hydrogens is 409 g/mol. The predicted octanol–water partition coefficient (Wildman–Crippen LogP) is 2.07. The van der Waals surface area contributed by atoms with E-state index in [9.17, 15) is 9.18 Å². The van der Waals surface area contributed by atoms with Crippen molar-refractivity contribution in [3.8, 4) is 5.75 Å². The molecule has 0 saturated carbocycles. The Morgan fingerprint density at radius 3 is 2.56 bits per heavy atom. The number of amides is 1. The molecule has 0 radical (unpaired) electrons. The van der Waals surface area contributed by atoms with E-state index in [1.807, 2.05) is 43.3 Å². The number of rotatable bonds is 8. The van der Waals surface area contributed by atoms with Crippen LogP contribution >= 0.6 is 0 Å². The molecule has 2 aromatic rings. The van der Waals surface area contributed by atoms with Crippen LogP contribution in [0.5, 0.6) is 5.75 Å². The summed E-state index contributed by atoms with van der Waals surface area (Å²) >= 11 is 0. The van der Waals surface area contributed by atoms with Crippen LogP contribution in [0.15, 0.2) is 48.5 Å². The standard InChI is InChI=1S/C24H32FN5O2/c1-2-32-19-9-7-18(8-10-19)21-17-22(28-27-21)24(31)26-11-12-29-13-15-30(16-14-29)23-6-4-3-5-20(23)25/h3-10,21-22,27-28H,2,11-17H2,1H3,(H,26,31). The van der Waals surface area contributed by atoms with Crippen molar-refractivity contribution in [3.05, 3.63) is 59.9 Å². The molecule has 2 fully saturated rings. The highest BCUT2D eigenvalue weighted by Crippen LogP contribution is 2.24. The molecule has 2 unspecified atom stereocenters. The maximum atomic E-state index is 14.0. The SMILES string of the molecule is CCOc1ccc(C2CC(C(=O)NCCN3CCN(c4ccccc4F)CC3)NN2)cc1. The number of nitrogens with one attached hydrogen (secondary N) is 3. The highest BCUT2D eigenvalue weighted by molar-refractivity contribution is 5.82. The number of hydrazine groups is 1. The summed E-state index contributed by atoms with van der Waals surface area (Å²) < 4.78 is 19.5. The average Bonchev–Trinajstić information content (AvgIpc) is 3.31. The van der Waals surface area contributed by atoms with Crippen molar-refractivity contribution in [2.45, 2.75) is 25.4 Å². The first-order valence-electron chi connectivity index (χ1n) is 11.4. The van der Waals surface area contributed by atoms with E-state index in [4.69, 9.17) is 4.74 Å². The van der Waals surface area contributed by atoms with Gasteiger partial charge in [-0.3, -0.25) is 9.69 Å². The number of piperazine rings is 1. The van der Waals surface area contributed by atoms with Crippen molar-refractivity contribution >= 4 is 11.6 Å². The number of hydrogen-bond donors (Lipinski definition) is 3. The minimum absolute atomic E-state index is 0.0101. The molecule has 4 rings (SSSR count). The maximum absolute atomic E-state index is 14.0. The van der Waals surface area contributed by atoms with Gasteiger partial charge in [0.15, 0.2) is 0 Å². The second-order valence-corrected chi connectivity index (χ2v) is 8.20. The van der Waals surface area contributed by atoms with E-state index < -0.39 is 0 Å². The molecule has 7 nitrogen and oxygen atoms in total. The lowest BCUT2D eigenvalue weighted by Gasteiger charge is -2.36. The number of benzene rings is 2. The molecule has 1 amide bonds. The van der Waals surface area contributed by atoms with Crippen LogP contribution in [0.25, 0.3) is 0 Å². The van der Waals surface area contributed by atoms with E-state index in [0.717, 1.165) is 44.0 Å². The molecule has 0 spiro atoms. The van der Waals surface area contributed by atoms with E-state index in [1.165, 1.54) is 6.07 Å². The van der Waals surface area contributed by atoms with Gasteiger partial charge in [0.2, 0.25) is 5.91 Å². The lowest BCUT2D eigenvalue weighted by molar-refractivity contribution is -0.122. The van der Waals surface area contributed by atoms with Crippen LogP contribution in [0.2, 0.25) is 0 Å². The van der Waals surface area contributed by atoms with Gasteiger partial charge in [0, 0.05) is 45.3 Å². The number of halogens is 1. The molecule has 2 heterocycles. The van der Waals surface area contributed by atoms with Gasteiger partial charge in [-0.1, -0.05) is 24.3 Å². The Bertz CT molecular complexity index is 886. The Balaban J connectivity index is 1.16. The monoisotopic (exact) mass is 441 g/mol. The number of hydrogen-bond acceptors (Lipinski definition) is 6.